The van der Waals surface area contributed by atoms with E-state index >= 15 is 0 Å². The van der Waals surface area contributed by atoms with Gasteiger partial charge in [-0.3, -0.25) is 0 Å². The molecule has 2 heteroatoms. The van der Waals surface area contributed by atoms with Crippen LogP contribution in [0.25, 0.3) is 0 Å². The minimum absolute atomic E-state index is 1.06. The van der Waals surface area contributed by atoms with Crippen molar-refractivity contribution in [3.8, 4) is 0 Å². The third-order valence-corrected chi connectivity index (χ3v) is 7.83. The predicted octanol–water partition coefficient (Wildman–Crippen LogP) is 5.51. The molecule has 0 saturated carbocycles. The highest BCUT2D eigenvalue weighted by Gasteiger charge is 2.30. The van der Waals surface area contributed by atoms with Crippen molar-refractivity contribution in [1.29, 1.82) is 0 Å². The van der Waals surface area contributed by atoms with E-state index in [0.29, 0.717) is 0 Å². The molecular weight excluding hydrogens is 224 g/mol. The van der Waals surface area contributed by atoms with E-state index in [-0.39, 0.29) is 0 Å². The first kappa shape index (κ1) is 15.2. The lowest BCUT2D eigenvalue weighted by molar-refractivity contribution is 0.269. The first-order chi connectivity index (χ1) is 8.27. The van der Waals surface area contributed by atoms with E-state index in [0.717, 1.165) is 6.61 Å². The lowest BCUT2D eigenvalue weighted by atomic mass is 10.1. The minimum Gasteiger partial charge on any atom is -0.417 e. The number of hydrogen-bond donors (Lipinski definition) is 0. The van der Waals surface area contributed by atoms with Crippen LogP contribution in [0, 0.1) is 0 Å². The highest BCUT2D eigenvalue weighted by Crippen LogP contribution is 2.27. The van der Waals surface area contributed by atoms with Crippen LogP contribution in [0.5, 0.6) is 0 Å². The van der Waals surface area contributed by atoms with Gasteiger partial charge in [0.1, 0.15) is 0 Å². The predicted molar refractivity (Wildman–Crippen MR) is 79.0 cm³/mol. The zero-order valence-electron chi connectivity index (χ0n) is 12.1. The van der Waals surface area contributed by atoms with Crippen LogP contribution in [-0.2, 0) is 4.43 Å². The SMILES string of the molecule is CCCCCCCCCC[Si]1(C)CCCCO1. The molecule has 1 aliphatic rings. The van der Waals surface area contributed by atoms with Gasteiger partial charge in [-0.15, -0.1) is 0 Å². The van der Waals surface area contributed by atoms with Crippen molar-refractivity contribution in [1.82, 2.24) is 0 Å². The molecule has 1 fully saturated rings. The van der Waals surface area contributed by atoms with Crippen molar-refractivity contribution >= 4 is 8.32 Å². The third kappa shape index (κ3) is 7.25. The second kappa shape index (κ2) is 9.15. The fraction of sp³-hybridized carbons (Fsp3) is 1.00. The maximum absolute atomic E-state index is 6.06. The molecule has 0 aromatic rings. The van der Waals surface area contributed by atoms with Crippen LogP contribution in [0.15, 0.2) is 0 Å². The van der Waals surface area contributed by atoms with Crippen molar-refractivity contribution in [2.75, 3.05) is 6.61 Å². The zero-order valence-corrected chi connectivity index (χ0v) is 13.1. The summed E-state index contributed by atoms with van der Waals surface area (Å²) in [6, 6.07) is 2.84. The molecule has 0 aromatic heterocycles. The van der Waals surface area contributed by atoms with Gasteiger partial charge in [-0.1, -0.05) is 64.7 Å². The van der Waals surface area contributed by atoms with E-state index < -0.39 is 8.32 Å². The zero-order chi connectivity index (χ0) is 12.4. The van der Waals surface area contributed by atoms with Crippen molar-refractivity contribution in [3.05, 3.63) is 0 Å². The van der Waals surface area contributed by atoms with Gasteiger partial charge in [-0.25, -0.2) is 0 Å². The summed E-state index contributed by atoms with van der Waals surface area (Å²) in [6.07, 6.45) is 14.2. The summed E-state index contributed by atoms with van der Waals surface area (Å²) < 4.78 is 6.06. The van der Waals surface area contributed by atoms with Crippen molar-refractivity contribution in [2.24, 2.45) is 0 Å². The van der Waals surface area contributed by atoms with Crippen LogP contribution in [0.3, 0.4) is 0 Å². The fourth-order valence-electron chi connectivity index (χ4n) is 2.82. The summed E-state index contributed by atoms with van der Waals surface area (Å²) in [5.74, 6) is 0. The Labute approximate surface area is 109 Å². The minimum atomic E-state index is -1.22. The van der Waals surface area contributed by atoms with Crippen LogP contribution in [-0.4, -0.2) is 14.9 Å². The summed E-state index contributed by atoms with van der Waals surface area (Å²) >= 11 is 0. The quantitative estimate of drug-likeness (QED) is 0.390. The van der Waals surface area contributed by atoms with E-state index in [1.54, 1.807) is 0 Å². The van der Waals surface area contributed by atoms with Crippen LogP contribution in [0.1, 0.15) is 71.1 Å². The number of hydrogen-bond acceptors (Lipinski definition) is 1. The van der Waals surface area contributed by atoms with Crippen molar-refractivity contribution in [3.63, 3.8) is 0 Å². The molecule has 0 spiro atoms. The Morgan fingerprint density at radius 3 is 2.12 bits per heavy atom. The molecule has 0 aromatic carbocycles. The lowest BCUT2D eigenvalue weighted by Gasteiger charge is -2.31. The molecule has 1 atom stereocenters. The first-order valence-corrected chi connectivity index (χ1v) is 10.7. The van der Waals surface area contributed by atoms with E-state index in [4.69, 9.17) is 4.43 Å². The molecule has 0 N–H and O–H groups in total. The Hall–Kier alpha value is 0.177. The highest BCUT2D eigenvalue weighted by atomic mass is 28.4. The molecule has 0 radical (unpaired) electrons. The van der Waals surface area contributed by atoms with Gasteiger partial charge in [-0.2, -0.15) is 0 Å². The summed E-state index contributed by atoms with van der Waals surface area (Å²) in [4.78, 5) is 0. The van der Waals surface area contributed by atoms with Gasteiger partial charge in [0.2, 0.25) is 0 Å². The Bertz CT molecular complexity index is 176. The number of rotatable bonds is 9. The monoisotopic (exact) mass is 256 g/mol. The Kier molecular flexibility index (Phi) is 8.20. The molecule has 0 bridgehead atoms. The van der Waals surface area contributed by atoms with E-state index in [9.17, 15) is 0 Å². The molecule has 1 saturated heterocycles. The molecule has 0 aliphatic carbocycles. The van der Waals surface area contributed by atoms with Gasteiger partial charge in [-0.05, 0) is 25.1 Å². The van der Waals surface area contributed by atoms with Gasteiger partial charge in [0, 0.05) is 6.61 Å². The summed E-state index contributed by atoms with van der Waals surface area (Å²) in [7, 11) is -1.22. The number of unbranched alkanes of at least 4 members (excludes halogenated alkanes) is 7. The van der Waals surface area contributed by atoms with Crippen molar-refractivity contribution < 1.29 is 4.43 Å². The second-order valence-corrected chi connectivity index (χ2v) is 10.2. The van der Waals surface area contributed by atoms with Gasteiger partial charge in [0.25, 0.3) is 0 Å². The standard InChI is InChI=1S/C15H32OSi/c1-3-4-5-6-7-8-9-11-14-17(2)15-12-10-13-16-17/h3-15H2,1-2H3. The van der Waals surface area contributed by atoms with Crippen LogP contribution >= 0.6 is 0 Å². The van der Waals surface area contributed by atoms with E-state index in [2.05, 4.69) is 13.5 Å². The maximum atomic E-state index is 6.06. The highest BCUT2D eigenvalue weighted by molar-refractivity contribution is 6.72. The van der Waals surface area contributed by atoms with Crippen molar-refractivity contribution in [2.45, 2.75) is 89.8 Å². The summed E-state index contributed by atoms with van der Waals surface area (Å²) in [6.45, 7) is 5.79. The van der Waals surface area contributed by atoms with Crippen LogP contribution in [0.2, 0.25) is 18.6 Å². The molecule has 1 aliphatic heterocycles. The Morgan fingerprint density at radius 1 is 0.882 bits per heavy atom. The smallest absolute Gasteiger partial charge is 0.189 e. The van der Waals surface area contributed by atoms with Gasteiger partial charge in [0.15, 0.2) is 8.32 Å². The molecule has 1 nitrogen and oxygen atoms in total. The lowest BCUT2D eigenvalue weighted by Crippen LogP contribution is -2.37. The average Bonchev–Trinajstić information content (AvgIpc) is 2.33. The van der Waals surface area contributed by atoms with Crippen LogP contribution in [0.4, 0.5) is 0 Å². The first-order valence-electron chi connectivity index (χ1n) is 7.91. The third-order valence-electron chi connectivity index (χ3n) is 4.11. The molecule has 1 heterocycles. The molecule has 1 unspecified atom stereocenters. The van der Waals surface area contributed by atoms with E-state index in [1.807, 2.05) is 0 Å². The molecule has 102 valence electrons. The second-order valence-electron chi connectivity index (χ2n) is 5.98. The topological polar surface area (TPSA) is 9.23 Å². The van der Waals surface area contributed by atoms with Gasteiger partial charge in [0.05, 0.1) is 0 Å². The molecule has 17 heavy (non-hydrogen) atoms. The molecular formula is C15H32OSi. The molecule has 1 rings (SSSR count). The Balaban J connectivity index is 1.89. The maximum Gasteiger partial charge on any atom is 0.189 e. The fourth-order valence-corrected chi connectivity index (χ4v) is 5.99. The summed E-state index contributed by atoms with van der Waals surface area (Å²) in [5, 5.41) is 0. The normalized spacial score (nSPS) is 25.1. The van der Waals surface area contributed by atoms with Gasteiger partial charge < -0.3 is 4.43 Å². The van der Waals surface area contributed by atoms with E-state index in [1.165, 1.54) is 76.3 Å². The van der Waals surface area contributed by atoms with Crippen LogP contribution < -0.4 is 0 Å². The average molecular weight is 257 g/mol. The molecule has 0 amide bonds. The van der Waals surface area contributed by atoms with Gasteiger partial charge >= 0.3 is 0 Å². The largest absolute Gasteiger partial charge is 0.417 e. The summed E-state index contributed by atoms with van der Waals surface area (Å²) in [5.41, 5.74) is 0. The Morgan fingerprint density at radius 2 is 1.53 bits per heavy atom.